The fourth-order valence-electron chi connectivity index (χ4n) is 2.30. The van der Waals surface area contributed by atoms with Crippen LogP contribution in [0.1, 0.15) is 31.2 Å². The van der Waals surface area contributed by atoms with Gasteiger partial charge in [0.05, 0.1) is 6.54 Å². The maximum atomic E-state index is 5.84. The van der Waals surface area contributed by atoms with Crippen LogP contribution < -0.4 is 15.4 Å². The van der Waals surface area contributed by atoms with E-state index in [1.165, 1.54) is 12.8 Å². The molecule has 0 amide bonds. The second-order valence-corrected chi connectivity index (χ2v) is 5.01. The first-order valence-electron chi connectivity index (χ1n) is 7.31. The lowest BCUT2D eigenvalue weighted by Gasteiger charge is -2.13. The topological polar surface area (TPSA) is 58.5 Å². The Morgan fingerprint density at radius 3 is 2.86 bits per heavy atom. The SMILES string of the molecule is C#CCNC(=NC)NCc1ccc(OC2CCCC2)nc1. The van der Waals surface area contributed by atoms with Crippen molar-refractivity contribution in [2.24, 2.45) is 4.99 Å². The van der Waals surface area contributed by atoms with Crippen LogP contribution in [0.25, 0.3) is 0 Å². The standard InChI is InChI=1S/C16H22N4O/c1-3-10-18-16(17-2)20-12-13-8-9-15(19-11-13)21-14-6-4-5-7-14/h1,8-9,11,14H,4-7,10,12H2,2H3,(H2,17,18,20). The quantitative estimate of drug-likeness (QED) is 0.491. The molecule has 0 bridgehead atoms. The molecule has 1 fully saturated rings. The van der Waals surface area contributed by atoms with Crippen molar-refractivity contribution in [1.29, 1.82) is 0 Å². The Labute approximate surface area is 126 Å². The Morgan fingerprint density at radius 2 is 2.24 bits per heavy atom. The van der Waals surface area contributed by atoms with Crippen molar-refractivity contribution in [3.05, 3.63) is 23.9 Å². The molecule has 1 saturated carbocycles. The Hall–Kier alpha value is -2.22. The number of aromatic nitrogens is 1. The third-order valence-electron chi connectivity index (χ3n) is 3.43. The first-order chi connectivity index (χ1) is 10.3. The van der Waals surface area contributed by atoms with Gasteiger partial charge in [0.1, 0.15) is 6.10 Å². The Balaban J connectivity index is 1.80. The Bertz CT molecular complexity index is 498. The highest BCUT2D eigenvalue weighted by atomic mass is 16.5. The molecule has 1 aromatic rings. The van der Waals surface area contributed by atoms with Gasteiger partial charge < -0.3 is 15.4 Å². The third kappa shape index (κ3) is 4.99. The third-order valence-corrected chi connectivity index (χ3v) is 3.43. The van der Waals surface area contributed by atoms with Crippen LogP contribution in [0.4, 0.5) is 0 Å². The fraction of sp³-hybridized carbons (Fsp3) is 0.500. The predicted molar refractivity (Wildman–Crippen MR) is 84.2 cm³/mol. The van der Waals surface area contributed by atoms with Gasteiger partial charge in [-0.2, -0.15) is 0 Å². The molecule has 5 nitrogen and oxygen atoms in total. The van der Waals surface area contributed by atoms with E-state index in [0.29, 0.717) is 31.0 Å². The molecule has 1 heterocycles. The van der Waals surface area contributed by atoms with Crippen LogP contribution in [-0.4, -0.2) is 30.6 Å². The summed E-state index contributed by atoms with van der Waals surface area (Å²) in [5.74, 6) is 3.90. The molecule has 0 aliphatic heterocycles. The van der Waals surface area contributed by atoms with E-state index >= 15 is 0 Å². The van der Waals surface area contributed by atoms with E-state index in [0.717, 1.165) is 18.4 Å². The number of aliphatic imine (C=N–C) groups is 1. The molecule has 112 valence electrons. The van der Waals surface area contributed by atoms with Gasteiger partial charge in [-0.3, -0.25) is 4.99 Å². The Kier molecular flexibility index (Phi) is 5.89. The molecule has 0 radical (unpaired) electrons. The van der Waals surface area contributed by atoms with Crippen molar-refractivity contribution in [3.8, 4) is 18.2 Å². The van der Waals surface area contributed by atoms with Crippen LogP contribution in [0.3, 0.4) is 0 Å². The monoisotopic (exact) mass is 286 g/mol. The number of hydrogen-bond donors (Lipinski definition) is 2. The van der Waals surface area contributed by atoms with Crippen molar-refractivity contribution in [2.45, 2.75) is 38.3 Å². The highest BCUT2D eigenvalue weighted by Crippen LogP contribution is 2.22. The maximum absolute atomic E-state index is 5.84. The fourth-order valence-corrected chi connectivity index (χ4v) is 2.30. The molecule has 0 spiro atoms. The summed E-state index contributed by atoms with van der Waals surface area (Å²) in [7, 11) is 1.71. The van der Waals surface area contributed by atoms with Crippen molar-refractivity contribution < 1.29 is 4.74 Å². The number of guanidine groups is 1. The van der Waals surface area contributed by atoms with E-state index in [2.05, 4.69) is 26.5 Å². The molecular formula is C16H22N4O. The van der Waals surface area contributed by atoms with E-state index < -0.39 is 0 Å². The van der Waals surface area contributed by atoms with Crippen LogP contribution in [0.2, 0.25) is 0 Å². The summed E-state index contributed by atoms with van der Waals surface area (Å²) in [4.78, 5) is 8.43. The number of terminal acetylenes is 1. The van der Waals surface area contributed by atoms with Crippen LogP contribution in [-0.2, 0) is 6.54 Å². The van der Waals surface area contributed by atoms with Gasteiger partial charge in [0.15, 0.2) is 5.96 Å². The number of hydrogen-bond acceptors (Lipinski definition) is 3. The van der Waals surface area contributed by atoms with E-state index in [9.17, 15) is 0 Å². The zero-order valence-electron chi connectivity index (χ0n) is 12.4. The number of nitrogens with one attached hydrogen (secondary N) is 2. The molecule has 1 aliphatic rings. The zero-order chi connectivity index (χ0) is 14.9. The average molecular weight is 286 g/mol. The smallest absolute Gasteiger partial charge is 0.213 e. The summed E-state index contributed by atoms with van der Waals surface area (Å²) >= 11 is 0. The molecule has 0 aromatic carbocycles. The molecule has 1 aliphatic carbocycles. The van der Waals surface area contributed by atoms with Crippen molar-refractivity contribution in [3.63, 3.8) is 0 Å². The van der Waals surface area contributed by atoms with Crippen LogP contribution in [0, 0.1) is 12.3 Å². The summed E-state index contributed by atoms with van der Waals surface area (Å²) in [6.45, 7) is 1.09. The predicted octanol–water partition coefficient (Wildman–Crippen LogP) is 1.70. The van der Waals surface area contributed by atoms with Gasteiger partial charge in [-0.25, -0.2) is 4.98 Å². The number of nitrogens with zero attached hydrogens (tertiary/aromatic N) is 2. The van der Waals surface area contributed by atoms with E-state index in [4.69, 9.17) is 11.2 Å². The van der Waals surface area contributed by atoms with E-state index in [-0.39, 0.29) is 0 Å². The van der Waals surface area contributed by atoms with Gasteiger partial charge in [-0.05, 0) is 31.2 Å². The highest BCUT2D eigenvalue weighted by molar-refractivity contribution is 5.79. The minimum Gasteiger partial charge on any atom is -0.474 e. The molecule has 2 rings (SSSR count). The first kappa shape index (κ1) is 15.2. The molecule has 0 atom stereocenters. The van der Waals surface area contributed by atoms with Gasteiger partial charge in [-0.15, -0.1) is 6.42 Å². The summed E-state index contributed by atoms with van der Waals surface area (Å²) in [6.07, 6.45) is 12.2. The van der Waals surface area contributed by atoms with Crippen LogP contribution in [0.5, 0.6) is 5.88 Å². The number of ether oxygens (including phenoxy) is 1. The van der Waals surface area contributed by atoms with Gasteiger partial charge in [-0.1, -0.05) is 12.0 Å². The van der Waals surface area contributed by atoms with Gasteiger partial charge in [0, 0.05) is 25.9 Å². The zero-order valence-corrected chi connectivity index (χ0v) is 12.4. The highest BCUT2D eigenvalue weighted by Gasteiger charge is 2.16. The van der Waals surface area contributed by atoms with Crippen molar-refractivity contribution >= 4 is 5.96 Å². The van der Waals surface area contributed by atoms with E-state index in [1.807, 2.05) is 18.3 Å². The van der Waals surface area contributed by atoms with E-state index in [1.54, 1.807) is 7.05 Å². The normalized spacial score (nSPS) is 15.5. The van der Waals surface area contributed by atoms with Crippen molar-refractivity contribution in [2.75, 3.05) is 13.6 Å². The number of rotatable bonds is 5. The minimum absolute atomic E-state index is 0.341. The first-order valence-corrected chi connectivity index (χ1v) is 7.31. The molecule has 5 heteroatoms. The van der Waals surface area contributed by atoms with Gasteiger partial charge in [0.2, 0.25) is 5.88 Å². The summed E-state index contributed by atoms with van der Waals surface area (Å²) in [5.41, 5.74) is 1.07. The second-order valence-electron chi connectivity index (χ2n) is 5.01. The van der Waals surface area contributed by atoms with Crippen LogP contribution >= 0.6 is 0 Å². The van der Waals surface area contributed by atoms with Gasteiger partial charge >= 0.3 is 0 Å². The van der Waals surface area contributed by atoms with Crippen molar-refractivity contribution in [1.82, 2.24) is 15.6 Å². The molecule has 0 saturated heterocycles. The summed E-state index contributed by atoms with van der Waals surface area (Å²) in [6, 6.07) is 3.94. The summed E-state index contributed by atoms with van der Waals surface area (Å²) < 4.78 is 5.84. The lowest BCUT2D eigenvalue weighted by molar-refractivity contribution is 0.201. The molecule has 1 aromatic heterocycles. The molecule has 0 unspecified atom stereocenters. The van der Waals surface area contributed by atoms with Crippen LogP contribution in [0.15, 0.2) is 23.3 Å². The molecule has 21 heavy (non-hydrogen) atoms. The maximum Gasteiger partial charge on any atom is 0.213 e. The Morgan fingerprint density at radius 1 is 1.43 bits per heavy atom. The average Bonchev–Trinajstić information content (AvgIpc) is 3.02. The summed E-state index contributed by atoms with van der Waals surface area (Å²) in [5, 5.41) is 6.18. The van der Waals surface area contributed by atoms with Gasteiger partial charge in [0.25, 0.3) is 0 Å². The lowest BCUT2D eigenvalue weighted by Crippen LogP contribution is -2.36. The largest absolute Gasteiger partial charge is 0.474 e. The molecule has 2 N–H and O–H groups in total. The number of pyridine rings is 1. The molecular weight excluding hydrogens is 264 g/mol. The lowest BCUT2D eigenvalue weighted by atomic mass is 10.3. The second kappa shape index (κ2) is 8.15. The minimum atomic E-state index is 0.341.